The Labute approximate surface area is 96.9 Å². The molecule has 0 aliphatic carbocycles. The quantitative estimate of drug-likeness (QED) is 0.865. The normalized spacial score (nSPS) is 10.2. The predicted molar refractivity (Wildman–Crippen MR) is 56.8 cm³/mol. The topological polar surface area (TPSA) is 85.5 Å². The van der Waals surface area contributed by atoms with E-state index < -0.39 is 5.97 Å². The van der Waals surface area contributed by atoms with E-state index in [4.69, 9.17) is 14.3 Å². The van der Waals surface area contributed by atoms with E-state index in [1.807, 2.05) is 0 Å². The highest BCUT2D eigenvalue weighted by atomic mass is 16.5. The van der Waals surface area contributed by atoms with Gasteiger partial charge < -0.3 is 14.3 Å². The zero-order valence-electron chi connectivity index (χ0n) is 9.08. The van der Waals surface area contributed by atoms with Crippen LogP contribution in [-0.2, 0) is 6.61 Å². The second-order valence-corrected chi connectivity index (χ2v) is 3.32. The van der Waals surface area contributed by atoms with Crippen LogP contribution in [0, 0.1) is 6.92 Å². The van der Waals surface area contributed by atoms with Crippen molar-refractivity contribution in [2.24, 2.45) is 0 Å². The van der Waals surface area contributed by atoms with Crippen LogP contribution in [0.5, 0.6) is 6.01 Å². The number of carboxylic acids is 1. The van der Waals surface area contributed by atoms with Crippen molar-refractivity contribution >= 4 is 5.97 Å². The summed E-state index contributed by atoms with van der Waals surface area (Å²) in [4.78, 5) is 18.5. The van der Waals surface area contributed by atoms with Crippen molar-refractivity contribution in [2.75, 3.05) is 0 Å². The molecule has 2 aromatic heterocycles. The molecule has 0 atom stereocenters. The lowest BCUT2D eigenvalue weighted by atomic mass is 10.2. The molecule has 0 saturated carbocycles. The van der Waals surface area contributed by atoms with Gasteiger partial charge in [-0.2, -0.15) is 4.98 Å². The highest BCUT2D eigenvalue weighted by Gasteiger charge is 2.10. The number of aryl methyl sites for hydroxylation is 1. The lowest BCUT2D eigenvalue weighted by Crippen LogP contribution is -2.06. The van der Waals surface area contributed by atoms with Gasteiger partial charge in [-0.15, -0.1) is 0 Å². The summed E-state index contributed by atoms with van der Waals surface area (Å²) in [6, 6.07) is 3.64. The summed E-state index contributed by atoms with van der Waals surface area (Å²) in [5.74, 6) is -0.409. The minimum Gasteiger partial charge on any atom is -0.478 e. The molecule has 0 unspecified atom stereocenters. The maximum absolute atomic E-state index is 10.7. The van der Waals surface area contributed by atoms with Crippen LogP contribution in [0.2, 0.25) is 0 Å². The van der Waals surface area contributed by atoms with Gasteiger partial charge in [0.2, 0.25) is 0 Å². The largest absolute Gasteiger partial charge is 0.478 e. The molecule has 2 rings (SSSR count). The van der Waals surface area contributed by atoms with Crippen molar-refractivity contribution in [3.05, 3.63) is 41.6 Å². The predicted octanol–water partition coefficient (Wildman–Crippen LogP) is 1.66. The van der Waals surface area contributed by atoms with Crippen molar-refractivity contribution in [1.82, 2.24) is 9.97 Å². The van der Waals surface area contributed by atoms with Crippen LogP contribution in [-0.4, -0.2) is 21.0 Å². The molecule has 0 amide bonds. The number of hydrogen-bond donors (Lipinski definition) is 1. The van der Waals surface area contributed by atoms with Gasteiger partial charge in [0.1, 0.15) is 12.4 Å². The van der Waals surface area contributed by atoms with Crippen LogP contribution in [0.4, 0.5) is 0 Å². The molecule has 88 valence electrons. The zero-order chi connectivity index (χ0) is 12.3. The Morgan fingerprint density at radius 1 is 1.59 bits per heavy atom. The van der Waals surface area contributed by atoms with Crippen molar-refractivity contribution in [3.63, 3.8) is 0 Å². The first-order chi connectivity index (χ1) is 8.16. The van der Waals surface area contributed by atoms with Gasteiger partial charge in [0.25, 0.3) is 0 Å². The lowest BCUT2D eigenvalue weighted by Gasteiger charge is -2.04. The average Bonchev–Trinajstić information content (AvgIpc) is 2.78. The van der Waals surface area contributed by atoms with E-state index in [1.54, 1.807) is 25.3 Å². The Morgan fingerprint density at radius 3 is 3.00 bits per heavy atom. The number of hydrogen-bond acceptors (Lipinski definition) is 5. The molecule has 6 nitrogen and oxygen atoms in total. The van der Waals surface area contributed by atoms with Gasteiger partial charge in [-0.05, 0) is 19.1 Å². The van der Waals surface area contributed by atoms with Crippen LogP contribution < -0.4 is 4.74 Å². The van der Waals surface area contributed by atoms with Crippen LogP contribution in [0.25, 0.3) is 0 Å². The maximum Gasteiger partial charge on any atom is 0.339 e. The Hall–Kier alpha value is -2.37. The molecule has 2 heterocycles. The third-order valence-electron chi connectivity index (χ3n) is 2.11. The summed E-state index contributed by atoms with van der Waals surface area (Å²) in [5, 5.41) is 8.80. The van der Waals surface area contributed by atoms with Crippen LogP contribution >= 0.6 is 0 Å². The number of nitrogens with zero attached hydrogens (tertiary/aromatic N) is 2. The first kappa shape index (κ1) is 11.1. The van der Waals surface area contributed by atoms with E-state index in [0.29, 0.717) is 11.5 Å². The molecule has 0 aromatic carbocycles. The molecule has 0 aliphatic heterocycles. The molecule has 0 fully saturated rings. The molecular formula is C11H10N2O4. The fourth-order valence-corrected chi connectivity index (χ4v) is 1.26. The fourth-order valence-electron chi connectivity index (χ4n) is 1.26. The molecule has 2 aromatic rings. The average molecular weight is 234 g/mol. The number of rotatable bonds is 4. The SMILES string of the molecule is Cc1nc(OCc2ccco2)ncc1C(=O)O. The monoisotopic (exact) mass is 234 g/mol. The maximum atomic E-state index is 10.7. The molecular weight excluding hydrogens is 224 g/mol. The van der Waals surface area contributed by atoms with Crippen LogP contribution in [0.3, 0.4) is 0 Å². The summed E-state index contributed by atoms with van der Waals surface area (Å²) < 4.78 is 10.3. The number of aromatic nitrogens is 2. The van der Waals surface area contributed by atoms with Gasteiger partial charge in [-0.25, -0.2) is 9.78 Å². The van der Waals surface area contributed by atoms with Crippen molar-refractivity contribution in [2.45, 2.75) is 13.5 Å². The van der Waals surface area contributed by atoms with Crippen molar-refractivity contribution in [3.8, 4) is 6.01 Å². The summed E-state index contributed by atoms with van der Waals surface area (Å²) >= 11 is 0. The van der Waals surface area contributed by atoms with E-state index in [2.05, 4.69) is 9.97 Å². The Balaban J connectivity index is 2.07. The van der Waals surface area contributed by atoms with E-state index in [9.17, 15) is 4.79 Å². The van der Waals surface area contributed by atoms with Crippen LogP contribution in [0.1, 0.15) is 21.8 Å². The molecule has 0 saturated heterocycles. The first-order valence-electron chi connectivity index (χ1n) is 4.89. The number of furan rings is 1. The minimum atomic E-state index is -1.06. The Bertz CT molecular complexity index is 522. The van der Waals surface area contributed by atoms with E-state index in [-0.39, 0.29) is 18.2 Å². The number of carboxylic acid groups (broad SMARTS) is 1. The fraction of sp³-hybridized carbons (Fsp3) is 0.182. The first-order valence-corrected chi connectivity index (χ1v) is 4.89. The Morgan fingerprint density at radius 2 is 2.41 bits per heavy atom. The minimum absolute atomic E-state index is 0.0651. The summed E-state index contributed by atoms with van der Waals surface area (Å²) in [5.41, 5.74) is 0.428. The number of ether oxygens (including phenoxy) is 1. The van der Waals surface area contributed by atoms with E-state index in [1.165, 1.54) is 6.20 Å². The van der Waals surface area contributed by atoms with Gasteiger partial charge in [-0.1, -0.05) is 0 Å². The van der Waals surface area contributed by atoms with Gasteiger partial charge in [0.15, 0.2) is 0 Å². The smallest absolute Gasteiger partial charge is 0.339 e. The van der Waals surface area contributed by atoms with Gasteiger partial charge in [0, 0.05) is 6.20 Å². The number of carbonyl (C=O) groups is 1. The second-order valence-electron chi connectivity index (χ2n) is 3.32. The summed E-state index contributed by atoms with van der Waals surface area (Å²) in [6.07, 6.45) is 2.76. The Kier molecular flexibility index (Phi) is 3.04. The molecule has 0 aliphatic rings. The summed E-state index contributed by atoms with van der Waals surface area (Å²) in [7, 11) is 0. The highest BCUT2D eigenvalue weighted by Crippen LogP contribution is 2.10. The standard InChI is InChI=1S/C11H10N2O4/c1-7-9(10(14)15)5-12-11(13-7)17-6-8-3-2-4-16-8/h2-5H,6H2,1H3,(H,14,15). The number of aromatic carboxylic acids is 1. The zero-order valence-corrected chi connectivity index (χ0v) is 9.08. The molecule has 0 radical (unpaired) electrons. The molecule has 6 heteroatoms. The highest BCUT2D eigenvalue weighted by molar-refractivity contribution is 5.88. The van der Waals surface area contributed by atoms with E-state index in [0.717, 1.165) is 0 Å². The van der Waals surface area contributed by atoms with E-state index >= 15 is 0 Å². The molecule has 1 N–H and O–H groups in total. The molecule has 17 heavy (non-hydrogen) atoms. The third kappa shape index (κ3) is 2.60. The summed E-state index contributed by atoms with van der Waals surface area (Å²) in [6.45, 7) is 1.80. The van der Waals surface area contributed by atoms with Crippen molar-refractivity contribution in [1.29, 1.82) is 0 Å². The van der Waals surface area contributed by atoms with Gasteiger partial charge in [-0.3, -0.25) is 0 Å². The van der Waals surface area contributed by atoms with Crippen LogP contribution in [0.15, 0.2) is 29.0 Å². The second kappa shape index (κ2) is 4.65. The van der Waals surface area contributed by atoms with Gasteiger partial charge >= 0.3 is 12.0 Å². The van der Waals surface area contributed by atoms with Crippen molar-refractivity contribution < 1.29 is 19.1 Å². The third-order valence-corrected chi connectivity index (χ3v) is 2.11. The molecule has 0 spiro atoms. The van der Waals surface area contributed by atoms with Gasteiger partial charge in [0.05, 0.1) is 17.5 Å². The molecule has 0 bridgehead atoms. The lowest BCUT2D eigenvalue weighted by molar-refractivity contribution is 0.0694.